The van der Waals surface area contributed by atoms with Gasteiger partial charge in [-0.15, -0.1) is 16.4 Å². The molecule has 22 heavy (non-hydrogen) atoms. The summed E-state index contributed by atoms with van der Waals surface area (Å²) < 4.78 is 3.78. The predicted octanol–water partition coefficient (Wildman–Crippen LogP) is 2.79. The van der Waals surface area contributed by atoms with Gasteiger partial charge >= 0.3 is 0 Å². The Morgan fingerprint density at radius 1 is 1.55 bits per heavy atom. The van der Waals surface area contributed by atoms with E-state index >= 15 is 0 Å². The van der Waals surface area contributed by atoms with Gasteiger partial charge in [-0.05, 0) is 43.8 Å². The third kappa shape index (κ3) is 3.68. The summed E-state index contributed by atoms with van der Waals surface area (Å²) in [6, 6.07) is 0. The molecule has 0 aliphatic carbocycles. The van der Waals surface area contributed by atoms with Crippen molar-refractivity contribution in [2.75, 3.05) is 18.4 Å². The fraction of sp³-hybridized carbons (Fsp3) is 0.571. The number of hydrogen-bond donors (Lipinski definition) is 1. The maximum Gasteiger partial charge on any atom is 0.271 e. The maximum absolute atomic E-state index is 12.1. The Balaban J connectivity index is 1.59. The third-order valence-electron chi connectivity index (χ3n) is 3.76. The van der Waals surface area contributed by atoms with Gasteiger partial charge in [0.15, 0.2) is 5.13 Å². The minimum absolute atomic E-state index is 0.181. The van der Waals surface area contributed by atoms with Crippen LogP contribution in [0.2, 0.25) is 0 Å². The molecule has 0 spiro atoms. The van der Waals surface area contributed by atoms with E-state index in [0.29, 0.717) is 15.7 Å². The van der Waals surface area contributed by atoms with Crippen LogP contribution in [0.5, 0.6) is 0 Å². The number of aryl methyl sites for hydroxylation is 1. The smallest absolute Gasteiger partial charge is 0.271 e. The van der Waals surface area contributed by atoms with E-state index in [9.17, 15) is 4.79 Å². The molecule has 1 saturated heterocycles. The summed E-state index contributed by atoms with van der Waals surface area (Å²) in [4.78, 5) is 19.6. The zero-order valence-electron chi connectivity index (χ0n) is 12.7. The first-order valence-electron chi connectivity index (χ1n) is 7.39. The van der Waals surface area contributed by atoms with Crippen molar-refractivity contribution >= 4 is 33.9 Å². The molecule has 0 radical (unpaired) electrons. The number of thiazole rings is 1. The van der Waals surface area contributed by atoms with Crippen molar-refractivity contribution in [2.45, 2.75) is 33.2 Å². The molecule has 1 N–H and O–H groups in total. The van der Waals surface area contributed by atoms with Crippen LogP contribution in [-0.4, -0.2) is 38.5 Å². The molecule has 3 heterocycles. The number of carbonyl (C=O) groups excluding carboxylic acids is 1. The highest BCUT2D eigenvalue weighted by Gasteiger charge is 2.18. The summed E-state index contributed by atoms with van der Waals surface area (Å²) in [5.41, 5.74) is 1.68. The van der Waals surface area contributed by atoms with E-state index in [1.807, 2.05) is 5.38 Å². The number of piperidine rings is 1. The minimum Gasteiger partial charge on any atom is -0.297 e. The maximum atomic E-state index is 12.1. The molecule has 2 aromatic rings. The van der Waals surface area contributed by atoms with E-state index < -0.39 is 0 Å². The number of anilines is 1. The van der Waals surface area contributed by atoms with Gasteiger partial charge < -0.3 is 0 Å². The summed E-state index contributed by atoms with van der Waals surface area (Å²) in [6.45, 7) is 7.20. The quantitative estimate of drug-likeness (QED) is 0.929. The molecular weight excluding hydrogens is 318 g/mol. The summed E-state index contributed by atoms with van der Waals surface area (Å²) in [5, 5.41) is 9.34. The molecule has 118 valence electrons. The first-order chi connectivity index (χ1) is 10.6. The predicted molar refractivity (Wildman–Crippen MR) is 88.4 cm³/mol. The third-order valence-corrected chi connectivity index (χ3v) is 5.39. The van der Waals surface area contributed by atoms with E-state index in [-0.39, 0.29) is 5.91 Å². The van der Waals surface area contributed by atoms with Crippen LogP contribution < -0.4 is 5.32 Å². The molecule has 0 saturated carbocycles. The lowest BCUT2D eigenvalue weighted by Crippen LogP contribution is -2.33. The fourth-order valence-corrected chi connectivity index (χ4v) is 3.94. The van der Waals surface area contributed by atoms with Gasteiger partial charge in [-0.3, -0.25) is 15.0 Å². The van der Waals surface area contributed by atoms with Gasteiger partial charge in [0.2, 0.25) is 0 Å². The van der Waals surface area contributed by atoms with Crippen LogP contribution in [0, 0.1) is 12.8 Å². The van der Waals surface area contributed by atoms with Crippen LogP contribution in [0.4, 0.5) is 5.13 Å². The number of rotatable bonds is 4. The van der Waals surface area contributed by atoms with Gasteiger partial charge in [-0.25, -0.2) is 4.98 Å². The Morgan fingerprint density at radius 2 is 2.41 bits per heavy atom. The highest BCUT2D eigenvalue weighted by atomic mass is 32.1. The second kappa shape index (κ2) is 6.80. The van der Waals surface area contributed by atoms with E-state index in [1.165, 1.54) is 24.2 Å². The molecule has 1 amide bonds. The lowest BCUT2D eigenvalue weighted by Gasteiger charge is -2.30. The van der Waals surface area contributed by atoms with E-state index in [0.717, 1.165) is 42.8 Å². The van der Waals surface area contributed by atoms with Gasteiger partial charge in [-0.2, -0.15) is 0 Å². The van der Waals surface area contributed by atoms with Crippen molar-refractivity contribution in [3.63, 3.8) is 0 Å². The average molecular weight is 337 g/mol. The number of amides is 1. The molecule has 1 aliphatic rings. The van der Waals surface area contributed by atoms with Crippen LogP contribution >= 0.6 is 22.9 Å². The second-order valence-corrected chi connectivity index (χ2v) is 7.38. The first kappa shape index (κ1) is 15.5. The van der Waals surface area contributed by atoms with Crippen LogP contribution in [0.3, 0.4) is 0 Å². The van der Waals surface area contributed by atoms with Crippen molar-refractivity contribution < 1.29 is 4.79 Å². The van der Waals surface area contributed by atoms with Crippen molar-refractivity contribution in [3.05, 3.63) is 21.6 Å². The summed E-state index contributed by atoms with van der Waals surface area (Å²) in [5.74, 6) is 0.577. The standard InChI is InChI=1S/C14H19N5OS2/c1-9-4-3-5-19(6-9)7-11-8-21-14(15-11)16-13(20)12-10(2)17-18-22-12/h8-9H,3-7H2,1-2H3,(H,15,16,20)/t9-/m0/s1. The van der Waals surface area contributed by atoms with Gasteiger partial charge in [0.05, 0.1) is 11.4 Å². The van der Waals surface area contributed by atoms with E-state index in [2.05, 4.69) is 31.7 Å². The molecule has 1 aliphatic heterocycles. The van der Waals surface area contributed by atoms with Gasteiger partial charge in [0.1, 0.15) is 4.88 Å². The van der Waals surface area contributed by atoms with Crippen LogP contribution in [0.15, 0.2) is 5.38 Å². The highest BCUT2D eigenvalue weighted by Crippen LogP contribution is 2.22. The average Bonchev–Trinajstić information content (AvgIpc) is 3.08. The van der Waals surface area contributed by atoms with E-state index in [1.54, 1.807) is 6.92 Å². The Bertz CT molecular complexity index is 653. The second-order valence-electron chi connectivity index (χ2n) is 5.77. The number of carbonyl (C=O) groups is 1. The Kier molecular flexibility index (Phi) is 4.80. The SMILES string of the molecule is Cc1nnsc1C(=O)Nc1nc(CN2CCC[C@H](C)C2)cs1. The molecule has 8 heteroatoms. The topological polar surface area (TPSA) is 71.0 Å². The molecule has 0 aromatic carbocycles. The van der Waals surface area contributed by atoms with Crippen LogP contribution in [0.25, 0.3) is 0 Å². The summed E-state index contributed by atoms with van der Waals surface area (Å²) >= 11 is 2.57. The zero-order chi connectivity index (χ0) is 15.5. The van der Waals surface area contributed by atoms with Crippen LogP contribution in [-0.2, 0) is 6.54 Å². The number of nitrogens with zero attached hydrogens (tertiary/aromatic N) is 4. The number of likely N-dealkylation sites (tertiary alicyclic amines) is 1. The molecule has 1 atom stereocenters. The highest BCUT2D eigenvalue weighted by molar-refractivity contribution is 7.14. The largest absolute Gasteiger partial charge is 0.297 e. The monoisotopic (exact) mass is 337 g/mol. The number of aromatic nitrogens is 3. The van der Waals surface area contributed by atoms with Crippen molar-refractivity contribution in [3.8, 4) is 0 Å². The Labute approximate surface area is 137 Å². The fourth-order valence-electron chi connectivity index (χ4n) is 2.69. The molecule has 0 bridgehead atoms. The number of nitrogens with one attached hydrogen (secondary N) is 1. The van der Waals surface area contributed by atoms with Gasteiger partial charge in [-0.1, -0.05) is 11.4 Å². The lowest BCUT2D eigenvalue weighted by molar-refractivity contribution is 0.103. The van der Waals surface area contributed by atoms with Crippen LogP contribution in [0.1, 0.15) is 40.8 Å². The Hall–Kier alpha value is -1.38. The summed E-state index contributed by atoms with van der Waals surface area (Å²) in [6.07, 6.45) is 2.57. The normalized spacial score (nSPS) is 19.3. The van der Waals surface area contributed by atoms with Crippen molar-refractivity contribution in [1.82, 2.24) is 19.5 Å². The molecule has 3 rings (SSSR count). The van der Waals surface area contributed by atoms with Crippen molar-refractivity contribution in [1.29, 1.82) is 0 Å². The molecular formula is C14H19N5OS2. The molecule has 1 fully saturated rings. The molecule has 2 aromatic heterocycles. The Morgan fingerprint density at radius 3 is 3.14 bits per heavy atom. The van der Waals surface area contributed by atoms with Crippen molar-refractivity contribution in [2.24, 2.45) is 5.92 Å². The lowest BCUT2D eigenvalue weighted by atomic mass is 10.0. The summed E-state index contributed by atoms with van der Waals surface area (Å²) in [7, 11) is 0. The van der Waals surface area contributed by atoms with E-state index in [4.69, 9.17) is 0 Å². The molecule has 0 unspecified atom stereocenters. The van der Waals surface area contributed by atoms with Gasteiger partial charge in [0, 0.05) is 18.5 Å². The van der Waals surface area contributed by atoms with Gasteiger partial charge in [0.25, 0.3) is 5.91 Å². The first-order valence-corrected chi connectivity index (χ1v) is 9.04. The number of hydrogen-bond acceptors (Lipinski definition) is 7. The zero-order valence-corrected chi connectivity index (χ0v) is 14.3. The molecule has 6 nitrogen and oxygen atoms in total. The minimum atomic E-state index is -0.181.